The van der Waals surface area contributed by atoms with Gasteiger partial charge in [-0.05, 0) is 11.1 Å². The second-order valence-corrected chi connectivity index (χ2v) is 5.17. The first kappa shape index (κ1) is 13.1. The quantitative estimate of drug-likeness (QED) is 0.662. The van der Waals surface area contributed by atoms with Crippen LogP contribution in [-0.2, 0) is 10.3 Å². The van der Waals surface area contributed by atoms with Crippen LogP contribution in [0.4, 0.5) is 0 Å². The van der Waals surface area contributed by atoms with Crippen LogP contribution in [0.15, 0.2) is 73.3 Å². The van der Waals surface area contributed by atoms with Crippen LogP contribution >= 0.6 is 0 Å². The van der Waals surface area contributed by atoms with Crippen molar-refractivity contribution in [1.29, 1.82) is 0 Å². The number of rotatable bonds is 5. The zero-order valence-electron chi connectivity index (χ0n) is 11.3. The van der Waals surface area contributed by atoms with Crippen molar-refractivity contribution >= 4 is 0 Å². The summed E-state index contributed by atoms with van der Waals surface area (Å²) in [6, 6.07) is 19.7. The van der Waals surface area contributed by atoms with Gasteiger partial charge in [-0.1, -0.05) is 66.7 Å². The summed E-state index contributed by atoms with van der Waals surface area (Å²) in [5.74, 6) is 0. The monoisotopic (exact) mass is 266 g/mol. The number of benzene rings is 2. The summed E-state index contributed by atoms with van der Waals surface area (Å²) in [4.78, 5) is 0. The summed E-state index contributed by atoms with van der Waals surface area (Å²) < 4.78 is 5.78. The summed E-state index contributed by atoms with van der Waals surface area (Å²) in [6.45, 7) is 3.76. The number of aliphatic hydroxyl groups is 1. The Bertz CT molecular complexity index is 579. The minimum Gasteiger partial charge on any atom is -0.382 e. The minimum atomic E-state index is -1.01. The lowest BCUT2D eigenvalue weighted by Crippen LogP contribution is -2.32. The molecule has 2 aromatic rings. The van der Waals surface area contributed by atoms with Crippen LogP contribution in [0.1, 0.15) is 23.7 Å². The van der Waals surface area contributed by atoms with Crippen molar-refractivity contribution in [1.82, 2.24) is 0 Å². The van der Waals surface area contributed by atoms with Crippen molar-refractivity contribution in [2.24, 2.45) is 0 Å². The molecule has 0 aromatic heterocycles. The Kier molecular flexibility index (Phi) is 3.43. The van der Waals surface area contributed by atoms with E-state index in [1.54, 1.807) is 6.08 Å². The predicted octanol–water partition coefficient (Wildman–Crippen LogP) is 3.59. The lowest BCUT2D eigenvalue weighted by molar-refractivity contribution is 0.00990. The third-order valence-corrected chi connectivity index (χ3v) is 3.82. The summed E-state index contributed by atoms with van der Waals surface area (Å²) in [5.41, 5.74) is 0.975. The van der Waals surface area contributed by atoms with Crippen LogP contribution in [0.5, 0.6) is 0 Å². The maximum Gasteiger partial charge on any atom is 0.122 e. The van der Waals surface area contributed by atoms with E-state index in [1.165, 1.54) is 0 Å². The molecule has 0 aliphatic carbocycles. The van der Waals surface area contributed by atoms with Gasteiger partial charge >= 0.3 is 0 Å². The second kappa shape index (κ2) is 5.23. The van der Waals surface area contributed by atoms with Crippen LogP contribution in [0, 0.1) is 0 Å². The molecule has 0 saturated carbocycles. The van der Waals surface area contributed by atoms with E-state index in [-0.39, 0.29) is 12.2 Å². The molecule has 0 radical (unpaired) electrons. The number of epoxide rings is 1. The second-order valence-electron chi connectivity index (χ2n) is 5.17. The lowest BCUT2D eigenvalue weighted by atomic mass is 9.85. The Morgan fingerprint density at radius 1 is 1.05 bits per heavy atom. The van der Waals surface area contributed by atoms with Crippen molar-refractivity contribution in [2.45, 2.75) is 24.2 Å². The van der Waals surface area contributed by atoms with Gasteiger partial charge in [0.25, 0.3) is 0 Å². The molecule has 2 nitrogen and oxygen atoms in total. The molecule has 2 heteroatoms. The molecular weight excluding hydrogens is 248 g/mol. The van der Waals surface area contributed by atoms with Gasteiger partial charge < -0.3 is 9.84 Å². The Morgan fingerprint density at radius 2 is 1.65 bits per heavy atom. The van der Waals surface area contributed by atoms with Gasteiger partial charge in [0.1, 0.15) is 17.8 Å². The Labute approximate surface area is 119 Å². The molecule has 1 heterocycles. The highest BCUT2D eigenvalue weighted by Crippen LogP contribution is 2.50. The zero-order valence-corrected chi connectivity index (χ0v) is 11.3. The maximum absolute atomic E-state index is 11.1. The molecular formula is C18H18O2. The predicted molar refractivity (Wildman–Crippen MR) is 79.2 cm³/mol. The lowest BCUT2D eigenvalue weighted by Gasteiger charge is -2.26. The highest BCUT2D eigenvalue weighted by molar-refractivity contribution is 5.31. The molecule has 1 N–H and O–H groups in total. The fourth-order valence-electron chi connectivity index (χ4n) is 2.72. The van der Waals surface area contributed by atoms with Crippen LogP contribution in [0.2, 0.25) is 0 Å². The molecule has 0 bridgehead atoms. The molecule has 0 unspecified atom stereocenters. The summed E-state index contributed by atoms with van der Waals surface area (Å²) in [6.07, 6.45) is 1.97. The van der Waals surface area contributed by atoms with Crippen molar-refractivity contribution in [3.8, 4) is 0 Å². The molecule has 102 valence electrons. The van der Waals surface area contributed by atoms with Crippen LogP contribution in [0.25, 0.3) is 0 Å². The van der Waals surface area contributed by atoms with Gasteiger partial charge in [-0.25, -0.2) is 0 Å². The van der Waals surface area contributed by atoms with E-state index < -0.39 is 5.60 Å². The van der Waals surface area contributed by atoms with Crippen LogP contribution in [-0.4, -0.2) is 11.2 Å². The van der Waals surface area contributed by atoms with Crippen molar-refractivity contribution in [3.05, 3.63) is 84.4 Å². The van der Waals surface area contributed by atoms with Gasteiger partial charge in [0, 0.05) is 6.42 Å². The van der Waals surface area contributed by atoms with E-state index in [9.17, 15) is 5.11 Å². The van der Waals surface area contributed by atoms with Crippen molar-refractivity contribution in [3.63, 3.8) is 0 Å². The van der Waals surface area contributed by atoms with E-state index in [0.29, 0.717) is 6.42 Å². The van der Waals surface area contributed by atoms with E-state index in [4.69, 9.17) is 4.74 Å². The Balaban J connectivity index is 1.88. The fourth-order valence-corrected chi connectivity index (χ4v) is 2.72. The smallest absolute Gasteiger partial charge is 0.122 e. The molecule has 1 aliphatic heterocycles. The number of hydrogen-bond acceptors (Lipinski definition) is 2. The van der Waals surface area contributed by atoms with Gasteiger partial charge in [-0.2, -0.15) is 0 Å². The Hall–Kier alpha value is -1.90. The third-order valence-electron chi connectivity index (χ3n) is 3.82. The third kappa shape index (κ3) is 2.28. The zero-order chi connectivity index (χ0) is 14.0. The molecule has 20 heavy (non-hydrogen) atoms. The average molecular weight is 266 g/mol. The largest absolute Gasteiger partial charge is 0.382 e. The molecule has 1 fully saturated rings. The molecule has 0 spiro atoms. The Morgan fingerprint density at radius 3 is 2.25 bits per heavy atom. The molecule has 1 aliphatic rings. The standard InChI is InChI=1S/C18H18O2/c1-2-13-18(19,15-11-7-4-8-12-15)17-16(20-17)14-9-5-3-6-10-14/h2-12,16-17,19H,1,13H2/t16-,17+,18-/m1/s1. The summed E-state index contributed by atoms with van der Waals surface area (Å²) in [7, 11) is 0. The van der Waals surface area contributed by atoms with E-state index in [1.807, 2.05) is 60.7 Å². The van der Waals surface area contributed by atoms with E-state index >= 15 is 0 Å². The first-order chi connectivity index (χ1) is 9.75. The SMILES string of the molecule is C=CC[C@@](O)(c1ccccc1)[C@H]1O[C@@H]1c1ccccc1. The number of hydrogen-bond donors (Lipinski definition) is 1. The summed E-state index contributed by atoms with van der Waals surface area (Å²) >= 11 is 0. The van der Waals surface area contributed by atoms with Gasteiger partial charge in [0.2, 0.25) is 0 Å². The fraction of sp³-hybridized carbons (Fsp3) is 0.222. The van der Waals surface area contributed by atoms with Crippen LogP contribution < -0.4 is 0 Å². The first-order valence-electron chi connectivity index (χ1n) is 6.85. The number of ether oxygens (including phenoxy) is 1. The first-order valence-corrected chi connectivity index (χ1v) is 6.85. The minimum absolute atomic E-state index is 0.0404. The molecule has 3 rings (SSSR count). The van der Waals surface area contributed by atoms with Crippen LogP contribution in [0.3, 0.4) is 0 Å². The van der Waals surface area contributed by atoms with Gasteiger partial charge in [0.15, 0.2) is 0 Å². The molecule has 0 amide bonds. The normalized spacial score (nSPS) is 23.9. The molecule has 3 atom stereocenters. The van der Waals surface area contributed by atoms with Gasteiger partial charge in [-0.15, -0.1) is 6.58 Å². The van der Waals surface area contributed by atoms with E-state index in [2.05, 4.69) is 6.58 Å². The van der Waals surface area contributed by atoms with Crippen molar-refractivity contribution in [2.75, 3.05) is 0 Å². The van der Waals surface area contributed by atoms with E-state index in [0.717, 1.165) is 11.1 Å². The maximum atomic E-state index is 11.1. The van der Waals surface area contributed by atoms with Gasteiger partial charge in [0.05, 0.1) is 0 Å². The molecule has 1 saturated heterocycles. The van der Waals surface area contributed by atoms with Crippen molar-refractivity contribution < 1.29 is 9.84 Å². The highest BCUT2D eigenvalue weighted by Gasteiger charge is 2.54. The topological polar surface area (TPSA) is 32.8 Å². The van der Waals surface area contributed by atoms with Gasteiger partial charge in [-0.3, -0.25) is 0 Å². The summed E-state index contributed by atoms with van der Waals surface area (Å²) in [5, 5.41) is 11.1. The highest BCUT2D eigenvalue weighted by atomic mass is 16.6. The molecule has 2 aromatic carbocycles. The average Bonchev–Trinajstić information content (AvgIpc) is 3.30.